The summed E-state index contributed by atoms with van der Waals surface area (Å²) in [6.45, 7) is 6.15. The van der Waals surface area contributed by atoms with Crippen LogP contribution in [-0.2, 0) is 32.2 Å². The highest BCUT2D eigenvalue weighted by molar-refractivity contribution is 5.99. The quantitative estimate of drug-likeness (QED) is 0.580. The van der Waals surface area contributed by atoms with Crippen LogP contribution < -0.4 is 5.32 Å². The smallest absolute Gasteiger partial charge is 0.337 e. The van der Waals surface area contributed by atoms with Crippen LogP contribution in [0.3, 0.4) is 0 Å². The van der Waals surface area contributed by atoms with Crippen molar-refractivity contribution in [2.75, 3.05) is 20.2 Å². The zero-order valence-corrected chi connectivity index (χ0v) is 20.4. The van der Waals surface area contributed by atoms with E-state index in [1.165, 1.54) is 32.4 Å². The molecule has 1 aromatic carbocycles. The van der Waals surface area contributed by atoms with Crippen LogP contribution in [0.2, 0.25) is 0 Å². The van der Waals surface area contributed by atoms with Gasteiger partial charge >= 0.3 is 11.9 Å². The Morgan fingerprint density at radius 1 is 1.00 bits per heavy atom. The first-order valence-corrected chi connectivity index (χ1v) is 11.9. The van der Waals surface area contributed by atoms with Crippen molar-refractivity contribution in [1.29, 1.82) is 0 Å². The highest BCUT2D eigenvalue weighted by atomic mass is 19.1. The number of methoxy groups -OCH3 is 1. The van der Waals surface area contributed by atoms with Crippen molar-refractivity contribution >= 4 is 11.9 Å². The van der Waals surface area contributed by atoms with E-state index in [0.29, 0.717) is 17.2 Å². The van der Waals surface area contributed by atoms with E-state index in [1.807, 2.05) is 6.07 Å². The lowest BCUT2D eigenvalue weighted by molar-refractivity contribution is -0.141. The lowest BCUT2D eigenvalue weighted by Crippen LogP contribution is -2.32. The summed E-state index contributed by atoms with van der Waals surface area (Å²) in [5.74, 6) is -1.46. The summed E-state index contributed by atoms with van der Waals surface area (Å²) < 4.78 is 31.3. The molecule has 0 spiro atoms. The lowest BCUT2D eigenvalue weighted by Gasteiger charge is -2.30. The number of rotatable bonds is 7. The van der Waals surface area contributed by atoms with Gasteiger partial charge < -0.3 is 19.2 Å². The minimum Gasteiger partial charge on any atom is -0.466 e. The Hall–Kier alpha value is -3.39. The Bertz CT molecular complexity index is 1160. The fourth-order valence-corrected chi connectivity index (χ4v) is 4.80. The van der Waals surface area contributed by atoms with Gasteiger partial charge in [0, 0.05) is 17.0 Å². The van der Waals surface area contributed by atoms with Gasteiger partial charge in [-0.2, -0.15) is 0 Å². The number of hydrogen-bond donors (Lipinski definition) is 1. The van der Waals surface area contributed by atoms with E-state index in [0.717, 1.165) is 25.4 Å². The van der Waals surface area contributed by atoms with Gasteiger partial charge in [-0.1, -0.05) is 24.6 Å². The molecule has 2 aliphatic heterocycles. The largest absolute Gasteiger partial charge is 0.466 e. The number of benzene rings is 1. The van der Waals surface area contributed by atoms with Crippen molar-refractivity contribution in [3.05, 3.63) is 81.8 Å². The van der Waals surface area contributed by atoms with Crippen LogP contribution in [0.5, 0.6) is 0 Å². The van der Waals surface area contributed by atoms with Crippen LogP contribution in [0.1, 0.15) is 56.1 Å². The summed E-state index contributed by atoms with van der Waals surface area (Å²) in [7, 11) is 1.25. The Balaban J connectivity index is 1.54. The van der Waals surface area contributed by atoms with Crippen LogP contribution in [0.15, 0.2) is 63.4 Å². The predicted octanol–water partition coefficient (Wildman–Crippen LogP) is 4.56. The van der Waals surface area contributed by atoms with E-state index in [4.69, 9.17) is 13.9 Å². The normalized spacial score (nSPS) is 18.9. The van der Waals surface area contributed by atoms with E-state index in [9.17, 15) is 14.0 Å². The van der Waals surface area contributed by atoms with Crippen molar-refractivity contribution in [3.8, 4) is 0 Å². The molecule has 0 saturated carbocycles. The van der Waals surface area contributed by atoms with Gasteiger partial charge in [-0.05, 0) is 58.0 Å². The summed E-state index contributed by atoms with van der Waals surface area (Å²) in [4.78, 5) is 28.3. The molecule has 4 rings (SSSR count). The molecule has 1 atom stereocenters. The number of likely N-dealkylation sites (tertiary alicyclic amines) is 1. The Morgan fingerprint density at radius 3 is 2.34 bits per heavy atom. The molecule has 0 amide bonds. The van der Waals surface area contributed by atoms with Gasteiger partial charge in [0.05, 0.1) is 30.7 Å². The van der Waals surface area contributed by atoms with E-state index in [2.05, 4.69) is 10.2 Å². The predicted molar refractivity (Wildman–Crippen MR) is 127 cm³/mol. The molecule has 0 unspecified atom stereocenters. The van der Waals surface area contributed by atoms with Gasteiger partial charge in [0.25, 0.3) is 0 Å². The first-order chi connectivity index (χ1) is 16.9. The number of carbonyl (C=O) groups excluding carboxylic acids is 2. The third-order valence-electron chi connectivity index (χ3n) is 6.49. The standard InChI is InChI=1S/C27H31FN2O5/c1-17-23(26(31)33-3)25(21-9-5-6-10-22(21)28)24(18(2)29-17)27(32)34-16-20-12-11-19(35-20)15-30-13-7-4-8-14-30/h5-6,9-12,25,29H,4,7-8,13-16H2,1-3H3/t25-/m0/s1. The summed E-state index contributed by atoms with van der Waals surface area (Å²) in [5.41, 5.74) is 1.49. The molecule has 2 aromatic rings. The Kier molecular flexibility index (Phi) is 7.70. The van der Waals surface area contributed by atoms with Gasteiger partial charge in [0.15, 0.2) is 0 Å². The minimum atomic E-state index is -0.969. The number of halogens is 1. The third kappa shape index (κ3) is 5.48. The molecule has 3 heterocycles. The molecule has 1 fully saturated rings. The Labute approximate surface area is 204 Å². The van der Waals surface area contributed by atoms with Crippen molar-refractivity contribution in [2.24, 2.45) is 0 Å². The number of ether oxygens (including phenoxy) is 2. The zero-order chi connectivity index (χ0) is 24.9. The number of hydrogen-bond acceptors (Lipinski definition) is 7. The first-order valence-electron chi connectivity index (χ1n) is 11.9. The molecule has 7 nitrogen and oxygen atoms in total. The fraction of sp³-hybridized carbons (Fsp3) is 0.407. The fourth-order valence-electron chi connectivity index (χ4n) is 4.80. The summed E-state index contributed by atoms with van der Waals surface area (Å²) in [6.07, 6.45) is 3.65. The number of carbonyl (C=O) groups is 2. The second kappa shape index (κ2) is 10.9. The van der Waals surface area contributed by atoms with Crippen LogP contribution in [0.4, 0.5) is 4.39 Å². The van der Waals surface area contributed by atoms with Crippen LogP contribution in [0, 0.1) is 5.82 Å². The van der Waals surface area contributed by atoms with Crippen molar-refractivity contribution in [2.45, 2.75) is 52.2 Å². The van der Waals surface area contributed by atoms with Crippen molar-refractivity contribution in [1.82, 2.24) is 10.2 Å². The molecule has 1 saturated heterocycles. The van der Waals surface area contributed by atoms with Crippen LogP contribution in [0.25, 0.3) is 0 Å². The molecular formula is C27H31FN2O5. The summed E-state index contributed by atoms with van der Waals surface area (Å²) >= 11 is 0. The monoisotopic (exact) mass is 482 g/mol. The van der Waals surface area contributed by atoms with Gasteiger partial charge in [-0.15, -0.1) is 0 Å². The summed E-state index contributed by atoms with van der Waals surface area (Å²) in [5, 5.41) is 3.05. The molecule has 2 aliphatic rings. The number of allylic oxidation sites excluding steroid dienone is 2. The van der Waals surface area contributed by atoms with Crippen LogP contribution in [-0.4, -0.2) is 37.0 Å². The molecule has 0 bridgehead atoms. The van der Waals surface area contributed by atoms with E-state index in [-0.39, 0.29) is 23.3 Å². The third-order valence-corrected chi connectivity index (χ3v) is 6.49. The summed E-state index contributed by atoms with van der Waals surface area (Å²) in [6, 6.07) is 9.77. The highest BCUT2D eigenvalue weighted by Gasteiger charge is 2.39. The Morgan fingerprint density at radius 2 is 1.66 bits per heavy atom. The maximum atomic E-state index is 14.9. The number of furan rings is 1. The number of nitrogens with zero attached hydrogens (tertiary/aromatic N) is 1. The molecule has 35 heavy (non-hydrogen) atoms. The SMILES string of the molecule is COC(=O)C1=C(C)NC(C)=C(C(=O)OCc2ccc(CN3CCCCC3)o2)[C@H]1c1ccccc1F. The van der Waals surface area contributed by atoms with Crippen molar-refractivity contribution < 1.29 is 27.9 Å². The zero-order valence-electron chi connectivity index (χ0n) is 20.4. The first kappa shape index (κ1) is 24.7. The molecule has 0 radical (unpaired) electrons. The topological polar surface area (TPSA) is 81.0 Å². The van der Waals surface area contributed by atoms with E-state index >= 15 is 0 Å². The second-order valence-corrected chi connectivity index (χ2v) is 8.93. The van der Waals surface area contributed by atoms with Crippen molar-refractivity contribution in [3.63, 3.8) is 0 Å². The van der Waals surface area contributed by atoms with Crippen LogP contribution >= 0.6 is 0 Å². The highest BCUT2D eigenvalue weighted by Crippen LogP contribution is 2.40. The maximum absolute atomic E-state index is 14.9. The molecule has 8 heteroatoms. The number of piperidine rings is 1. The van der Waals surface area contributed by atoms with E-state index < -0.39 is 23.7 Å². The average Bonchev–Trinajstić information content (AvgIpc) is 3.30. The van der Waals surface area contributed by atoms with Gasteiger partial charge in [0.2, 0.25) is 0 Å². The van der Waals surface area contributed by atoms with Gasteiger partial charge in [0.1, 0.15) is 23.9 Å². The second-order valence-electron chi connectivity index (χ2n) is 8.93. The van der Waals surface area contributed by atoms with Gasteiger partial charge in [-0.25, -0.2) is 14.0 Å². The molecule has 186 valence electrons. The van der Waals surface area contributed by atoms with Gasteiger partial charge in [-0.3, -0.25) is 4.90 Å². The number of nitrogens with one attached hydrogen (secondary N) is 1. The molecular weight excluding hydrogens is 451 g/mol. The lowest BCUT2D eigenvalue weighted by atomic mass is 9.80. The average molecular weight is 483 g/mol. The minimum absolute atomic E-state index is 0.0736. The molecule has 1 aromatic heterocycles. The maximum Gasteiger partial charge on any atom is 0.337 e. The molecule has 0 aliphatic carbocycles. The molecule has 1 N–H and O–H groups in total. The number of esters is 2. The number of dihydropyridines is 1. The van der Waals surface area contributed by atoms with E-state index in [1.54, 1.807) is 38.1 Å².